The minimum atomic E-state index is -4.79. The highest BCUT2D eigenvalue weighted by Gasteiger charge is 2.37. The van der Waals surface area contributed by atoms with Crippen LogP contribution in [0, 0.1) is 18.6 Å². The van der Waals surface area contributed by atoms with Crippen LogP contribution in [0.2, 0.25) is 0 Å². The van der Waals surface area contributed by atoms with Crippen LogP contribution in [-0.4, -0.2) is 29.9 Å². The number of pyridine rings is 1. The molecular weight excluding hydrogens is 557 g/mol. The molecule has 4 nitrogen and oxygen atoms in total. The van der Waals surface area contributed by atoms with Crippen molar-refractivity contribution in [3.05, 3.63) is 92.1 Å². The van der Waals surface area contributed by atoms with Crippen LogP contribution in [0.3, 0.4) is 0 Å². The quantitative estimate of drug-likeness (QED) is 0.203. The zero-order chi connectivity index (χ0) is 28.5. The van der Waals surface area contributed by atoms with Crippen LogP contribution in [0.25, 0.3) is 11.1 Å². The monoisotopic (exact) mass is 583 g/mol. The van der Waals surface area contributed by atoms with Crippen LogP contribution >= 0.6 is 22.5 Å². The summed E-state index contributed by atoms with van der Waals surface area (Å²) < 4.78 is 84.1. The average molecular weight is 584 g/mol. The maximum atomic E-state index is 15.4. The normalized spacial score (nSPS) is 16.1. The molecule has 1 aliphatic heterocycles. The Hall–Kier alpha value is -2.89. The third kappa shape index (κ3) is 5.71. The van der Waals surface area contributed by atoms with Gasteiger partial charge in [-0.15, -0.1) is 11.8 Å². The molecule has 0 spiro atoms. The first kappa shape index (κ1) is 29.1. The zero-order valence-corrected chi connectivity index (χ0v) is 23.0. The van der Waals surface area contributed by atoms with Gasteiger partial charge in [-0.25, -0.2) is 8.78 Å². The lowest BCUT2D eigenvalue weighted by Gasteiger charge is -2.22. The van der Waals surface area contributed by atoms with Crippen molar-refractivity contribution in [3.63, 3.8) is 0 Å². The van der Waals surface area contributed by atoms with Crippen LogP contribution in [-0.2, 0) is 16.8 Å². The van der Waals surface area contributed by atoms with E-state index in [0.29, 0.717) is 16.3 Å². The first-order valence-corrected chi connectivity index (χ1v) is 14.2. The number of methoxy groups -OCH3 is 1. The first-order valence-electron chi connectivity index (χ1n) is 11.9. The number of nitrogens with zero attached hydrogens (tertiary/aromatic N) is 1. The summed E-state index contributed by atoms with van der Waals surface area (Å²) in [4.78, 5) is 13.9. The highest BCUT2D eigenvalue weighted by atomic mass is 32.2. The molecule has 0 fully saturated rings. The van der Waals surface area contributed by atoms with Gasteiger partial charge in [0.05, 0.1) is 35.9 Å². The van der Waals surface area contributed by atoms with Crippen LogP contribution in [0.5, 0.6) is 5.75 Å². The zero-order valence-electron chi connectivity index (χ0n) is 21.4. The Morgan fingerprint density at radius 2 is 1.90 bits per heavy atom. The van der Waals surface area contributed by atoms with Gasteiger partial charge >= 0.3 is 6.18 Å². The van der Waals surface area contributed by atoms with E-state index in [2.05, 4.69) is 5.87 Å². The van der Waals surface area contributed by atoms with Crippen molar-refractivity contribution < 1.29 is 30.9 Å². The Morgan fingerprint density at radius 1 is 1.18 bits per heavy atom. The summed E-state index contributed by atoms with van der Waals surface area (Å²) in [5.41, 5.74) is -1.65. The van der Waals surface area contributed by atoms with Crippen LogP contribution in [0.4, 0.5) is 22.0 Å². The molecule has 0 saturated heterocycles. The molecular formula is C28H26F5NO3S2. The number of ether oxygens (including phenoxy) is 1. The molecule has 4 rings (SSSR count). The largest absolute Gasteiger partial charge is 0.494 e. The fraction of sp³-hybridized carbons (Fsp3) is 0.286. The fourth-order valence-electron chi connectivity index (χ4n) is 4.61. The van der Waals surface area contributed by atoms with Gasteiger partial charge in [-0.05, 0) is 65.2 Å². The number of benzene rings is 2. The summed E-state index contributed by atoms with van der Waals surface area (Å²) in [5.74, 6) is 2.41. The number of halogens is 5. The molecule has 39 heavy (non-hydrogen) atoms. The number of hydrogen-bond acceptors (Lipinski definition) is 4. The summed E-state index contributed by atoms with van der Waals surface area (Å²) >= 11 is 1.28. The van der Waals surface area contributed by atoms with Crippen molar-refractivity contribution in [2.75, 3.05) is 19.5 Å². The molecule has 0 aliphatic carbocycles. The third-order valence-corrected chi connectivity index (χ3v) is 8.73. The van der Waals surface area contributed by atoms with Gasteiger partial charge in [0.2, 0.25) is 0 Å². The van der Waals surface area contributed by atoms with Gasteiger partial charge in [0, 0.05) is 23.3 Å². The molecule has 2 heterocycles. The van der Waals surface area contributed by atoms with Crippen LogP contribution in [0.15, 0.2) is 57.7 Å². The lowest BCUT2D eigenvalue weighted by Crippen LogP contribution is -2.29. The molecule has 2 aromatic carbocycles. The third-order valence-electron chi connectivity index (χ3n) is 6.44. The molecule has 0 saturated carbocycles. The maximum absolute atomic E-state index is 15.4. The smallest absolute Gasteiger partial charge is 0.416 e. The van der Waals surface area contributed by atoms with Crippen molar-refractivity contribution in [1.29, 1.82) is 0 Å². The molecule has 0 N–H and O–H groups in total. The minimum Gasteiger partial charge on any atom is -0.494 e. The molecule has 0 amide bonds. The van der Waals surface area contributed by atoms with Crippen LogP contribution < -0.4 is 10.3 Å². The van der Waals surface area contributed by atoms with E-state index in [1.54, 1.807) is 18.4 Å². The number of rotatable bonds is 8. The first-order chi connectivity index (χ1) is 18.5. The standard InChI is InChI=1S/C28H26F5NO3S2/c1-5-12-39(4)37-14-17-15-38-27-19(13-20-21(28(31,32)33)9-7-10-22(20)29)16(2)24(26(35)34(17)27)18-8-6-11-23(36-3)25(18)30/h5-12,17H,4,13-15H2,1-3H3/b12-5+. The van der Waals surface area contributed by atoms with E-state index in [-0.39, 0.29) is 29.0 Å². The van der Waals surface area contributed by atoms with E-state index < -0.39 is 57.7 Å². The predicted molar refractivity (Wildman–Crippen MR) is 147 cm³/mol. The molecule has 208 valence electrons. The minimum absolute atomic E-state index is 0.0235. The molecule has 2 unspecified atom stereocenters. The number of alkyl halides is 3. The average Bonchev–Trinajstić information content (AvgIpc) is 3.31. The van der Waals surface area contributed by atoms with E-state index in [9.17, 15) is 22.4 Å². The van der Waals surface area contributed by atoms with Gasteiger partial charge in [0.15, 0.2) is 11.6 Å². The Bertz CT molecular complexity index is 1510. The summed E-state index contributed by atoms with van der Waals surface area (Å²) in [5, 5.41) is 2.17. The Balaban J connectivity index is 1.96. The van der Waals surface area contributed by atoms with E-state index in [1.807, 2.05) is 6.92 Å². The number of aromatic nitrogens is 1. The molecule has 11 heteroatoms. The van der Waals surface area contributed by atoms with Crippen molar-refractivity contribution >= 4 is 28.4 Å². The summed E-state index contributed by atoms with van der Waals surface area (Å²) in [6.45, 7) is 3.47. The number of hydrogen-bond donors (Lipinski definition) is 0. The van der Waals surface area contributed by atoms with Crippen molar-refractivity contribution in [2.45, 2.75) is 37.5 Å². The van der Waals surface area contributed by atoms with Crippen molar-refractivity contribution in [1.82, 2.24) is 4.57 Å². The van der Waals surface area contributed by atoms with Crippen LogP contribution in [0.1, 0.15) is 35.2 Å². The Morgan fingerprint density at radius 3 is 2.56 bits per heavy atom. The van der Waals surface area contributed by atoms with Gasteiger partial charge in [0.1, 0.15) is 5.82 Å². The van der Waals surface area contributed by atoms with E-state index >= 15 is 4.39 Å². The van der Waals surface area contributed by atoms with E-state index in [4.69, 9.17) is 8.92 Å². The molecule has 2 atom stereocenters. The lowest BCUT2D eigenvalue weighted by atomic mass is 9.92. The topological polar surface area (TPSA) is 40.5 Å². The molecule has 0 radical (unpaired) electrons. The maximum Gasteiger partial charge on any atom is 0.416 e. The second-order valence-electron chi connectivity index (χ2n) is 8.82. The molecule has 0 bridgehead atoms. The lowest BCUT2D eigenvalue weighted by molar-refractivity contribution is -0.138. The number of thioether (sulfide) groups is 1. The van der Waals surface area contributed by atoms with E-state index in [0.717, 1.165) is 18.2 Å². The van der Waals surface area contributed by atoms with Gasteiger partial charge in [0.25, 0.3) is 5.56 Å². The van der Waals surface area contributed by atoms with E-state index in [1.165, 1.54) is 41.6 Å². The highest BCUT2D eigenvalue weighted by Crippen LogP contribution is 2.42. The number of allylic oxidation sites excluding steroid dienone is 1. The van der Waals surface area contributed by atoms with Gasteiger partial charge in [-0.2, -0.15) is 13.2 Å². The van der Waals surface area contributed by atoms with Gasteiger partial charge in [-0.3, -0.25) is 9.36 Å². The van der Waals surface area contributed by atoms with Gasteiger partial charge in [-0.1, -0.05) is 24.3 Å². The Kier molecular flexibility index (Phi) is 8.72. The summed E-state index contributed by atoms with van der Waals surface area (Å²) in [6, 6.07) is 6.65. The highest BCUT2D eigenvalue weighted by molar-refractivity contribution is 8.12. The molecule has 1 aromatic heterocycles. The molecule has 3 aromatic rings. The predicted octanol–water partition coefficient (Wildman–Crippen LogP) is 7.53. The summed E-state index contributed by atoms with van der Waals surface area (Å²) in [7, 11) is 0.527. The number of fused-ring (bicyclic) bond motifs is 1. The summed E-state index contributed by atoms with van der Waals surface area (Å²) in [6.07, 6.45) is -3.44. The second kappa shape index (κ2) is 11.7. The van der Waals surface area contributed by atoms with Gasteiger partial charge < -0.3 is 8.92 Å². The van der Waals surface area contributed by atoms with Crippen molar-refractivity contribution in [2.24, 2.45) is 0 Å². The Labute approximate surface area is 229 Å². The van der Waals surface area contributed by atoms with Crippen molar-refractivity contribution in [3.8, 4) is 16.9 Å². The fourth-order valence-corrected chi connectivity index (χ4v) is 6.70. The second-order valence-corrected chi connectivity index (χ2v) is 11.1. The SMILES string of the molecule is C=S(/C=C/C)OCC1CSc2c(Cc3c(F)cccc3C(F)(F)F)c(C)c(-c3cccc(OC)c3F)c(=O)n21. The molecule has 1 aliphatic rings.